The van der Waals surface area contributed by atoms with Crippen LogP contribution in [0.5, 0.6) is 0 Å². The zero-order chi connectivity index (χ0) is 23.3. The summed E-state index contributed by atoms with van der Waals surface area (Å²) in [4.78, 5) is 31.9. The number of anilines is 1. The number of nitrogens with one attached hydrogen (secondary N) is 1. The second-order valence-electron chi connectivity index (χ2n) is 6.76. The SMILES string of the molecule is CC(=O)Nc1ccc(COC(=O)N(C)Cc2ccc(-c3noc(C(F)(F)F)n3)cc2)cn1. The van der Waals surface area contributed by atoms with E-state index in [4.69, 9.17) is 4.74 Å². The number of benzene rings is 1. The molecule has 0 fully saturated rings. The fourth-order valence-corrected chi connectivity index (χ4v) is 2.57. The molecule has 0 radical (unpaired) electrons. The molecule has 0 saturated carbocycles. The maximum Gasteiger partial charge on any atom is 0.471 e. The Labute approximate surface area is 180 Å². The Hall–Kier alpha value is -3.96. The molecule has 3 rings (SSSR count). The third-order valence-electron chi connectivity index (χ3n) is 4.10. The predicted octanol–water partition coefficient (Wildman–Crippen LogP) is 3.88. The van der Waals surface area contributed by atoms with Gasteiger partial charge in [0.1, 0.15) is 12.4 Å². The number of amides is 2. The monoisotopic (exact) mass is 449 g/mol. The molecule has 0 aliphatic heterocycles. The van der Waals surface area contributed by atoms with Crippen LogP contribution in [0, 0.1) is 0 Å². The number of aromatic nitrogens is 3. The number of pyridine rings is 1. The van der Waals surface area contributed by atoms with E-state index in [0.29, 0.717) is 22.5 Å². The summed E-state index contributed by atoms with van der Waals surface area (Å²) in [5.74, 6) is -1.45. The Morgan fingerprint density at radius 3 is 2.38 bits per heavy atom. The second kappa shape index (κ2) is 9.45. The lowest BCUT2D eigenvalue weighted by Crippen LogP contribution is -2.26. The molecule has 9 nitrogen and oxygen atoms in total. The molecule has 0 atom stereocenters. The van der Waals surface area contributed by atoms with Gasteiger partial charge in [-0.25, -0.2) is 9.78 Å². The van der Waals surface area contributed by atoms with E-state index in [1.807, 2.05) is 0 Å². The lowest BCUT2D eigenvalue weighted by molar-refractivity contribution is -0.159. The second-order valence-corrected chi connectivity index (χ2v) is 6.76. The fourth-order valence-electron chi connectivity index (χ4n) is 2.57. The normalized spacial score (nSPS) is 11.2. The van der Waals surface area contributed by atoms with Crippen molar-refractivity contribution in [2.75, 3.05) is 12.4 Å². The predicted molar refractivity (Wildman–Crippen MR) is 105 cm³/mol. The van der Waals surface area contributed by atoms with Gasteiger partial charge >= 0.3 is 18.2 Å². The van der Waals surface area contributed by atoms with Crippen LogP contribution in [0.1, 0.15) is 23.9 Å². The van der Waals surface area contributed by atoms with E-state index in [2.05, 4.69) is 25.0 Å². The summed E-state index contributed by atoms with van der Waals surface area (Å²) >= 11 is 0. The zero-order valence-corrected chi connectivity index (χ0v) is 17.0. The van der Waals surface area contributed by atoms with Crippen molar-refractivity contribution in [1.82, 2.24) is 20.0 Å². The maximum atomic E-state index is 12.6. The van der Waals surface area contributed by atoms with E-state index in [9.17, 15) is 22.8 Å². The first-order valence-corrected chi connectivity index (χ1v) is 9.22. The molecule has 2 heterocycles. The molecule has 32 heavy (non-hydrogen) atoms. The summed E-state index contributed by atoms with van der Waals surface area (Å²) < 4.78 is 47.2. The minimum absolute atomic E-state index is 0.00513. The molecule has 0 saturated heterocycles. The van der Waals surface area contributed by atoms with Crippen LogP contribution in [0.2, 0.25) is 0 Å². The molecule has 3 aromatic rings. The van der Waals surface area contributed by atoms with Crippen LogP contribution in [0.15, 0.2) is 47.1 Å². The van der Waals surface area contributed by atoms with Gasteiger partial charge in [0.2, 0.25) is 11.7 Å². The fraction of sp³-hybridized carbons (Fsp3) is 0.250. The summed E-state index contributed by atoms with van der Waals surface area (Å²) in [5.41, 5.74) is 1.70. The Morgan fingerprint density at radius 1 is 1.12 bits per heavy atom. The van der Waals surface area contributed by atoms with Gasteiger partial charge in [-0.2, -0.15) is 18.2 Å². The average molecular weight is 449 g/mol. The van der Waals surface area contributed by atoms with Crippen LogP contribution in [0.4, 0.5) is 23.8 Å². The third-order valence-corrected chi connectivity index (χ3v) is 4.10. The molecule has 0 unspecified atom stereocenters. The molecule has 1 aromatic carbocycles. The highest BCUT2D eigenvalue weighted by atomic mass is 19.4. The zero-order valence-electron chi connectivity index (χ0n) is 17.0. The van der Waals surface area contributed by atoms with E-state index in [-0.39, 0.29) is 24.9 Å². The lowest BCUT2D eigenvalue weighted by atomic mass is 10.1. The summed E-state index contributed by atoms with van der Waals surface area (Å²) in [6, 6.07) is 9.59. The highest BCUT2D eigenvalue weighted by molar-refractivity contribution is 5.87. The molecule has 2 aromatic heterocycles. The van der Waals surface area contributed by atoms with Gasteiger partial charge in [-0.3, -0.25) is 4.79 Å². The molecule has 168 valence electrons. The largest absolute Gasteiger partial charge is 0.471 e. The summed E-state index contributed by atoms with van der Waals surface area (Å²) in [7, 11) is 1.54. The van der Waals surface area contributed by atoms with Gasteiger partial charge in [-0.15, -0.1) is 0 Å². The van der Waals surface area contributed by atoms with Crippen LogP contribution in [0.3, 0.4) is 0 Å². The Morgan fingerprint density at radius 2 is 1.81 bits per heavy atom. The minimum Gasteiger partial charge on any atom is -0.444 e. The molecular weight excluding hydrogens is 431 g/mol. The highest BCUT2D eigenvalue weighted by Crippen LogP contribution is 2.29. The molecule has 0 aliphatic carbocycles. The lowest BCUT2D eigenvalue weighted by Gasteiger charge is -2.17. The van der Waals surface area contributed by atoms with Crippen LogP contribution in [-0.4, -0.2) is 39.1 Å². The van der Waals surface area contributed by atoms with Crippen LogP contribution in [-0.2, 0) is 28.9 Å². The highest BCUT2D eigenvalue weighted by Gasteiger charge is 2.38. The maximum absolute atomic E-state index is 12.6. The first-order valence-electron chi connectivity index (χ1n) is 9.22. The van der Waals surface area contributed by atoms with Crippen LogP contribution < -0.4 is 5.32 Å². The summed E-state index contributed by atoms with van der Waals surface area (Å²) in [6.45, 7) is 1.57. The van der Waals surface area contributed by atoms with Crippen LogP contribution >= 0.6 is 0 Å². The Bertz CT molecular complexity index is 1080. The first-order chi connectivity index (χ1) is 15.1. The standard InChI is InChI=1S/C20H18F3N5O4/c1-12(29)25-16-8-5-14(9-24-16)11-31-19(30)28(2)10-13-3-6-15(7-4-13)17-26-18(32-27-17)20(21,22)23/h3-9H,10-11H2,1-2H3,(H,24,25,29). The van der Waals surface area contributed by atoms with Crippen molar-refractivity contribution in [3.63, 3.8) is 0 Å². The van der Waals surface area contributed by atoms with Crippen molar-refractivity contribution in [2.24, 2.45) is 0 Å². The van der Waals surface area contributed by atoms with Crippen molar-refractivity contribution in [1.29, 1.82) is 0 Å². The van der Waals surface area contributed by atoms with Crippen molar-refractivity contribution < 1.29 is 32.0 Å². The van der Waals surface area contributed by atoms with Gasteiger partial charge in [0.05, 0.1) is 0 Å². The number of hydrogen-bond acceptors (Lipinski definition) is 7. The van der Waals surface area contributed by atoms with Gasteiger partial charge in [-0.1, -0.05) is 35.5 Å². The van der Waals surface area contributed by atoms with E-state index in [1.165, 1.54) is 30.2 Å². The van der Waals surface area contributed by atoms with Crippen molar-refractivity contribution >= 4 is 17.8 Å². The topological polar surface area (TPSA) is 110 Å². The molecule has 12 heteroatoms. The van der Waals surface area contributed by atoms with Crippen LogP contribution in [0.25, 0.3) is 11.4 Å². The molecule has 0 bridgehead atoms. The quantitative estimate of drug-likeness (QED) is 0.608. The summed E-state index contributed by atoms with van der Waals surface area (Å²) in [6.07, 6.45) is -3.80. The number of carbonyl (C=O) groups excluding carboxylic acids is 2. The smallest absolute Gasteiger partial charge is 0.444 e. The Balaban J connectivity index is 1.52. The van der Waals surface area contributed by atoms with Gasteiger partial charge in [0.15, 0.2) is 0 Å². The molecule has 0 spiro atoms. The van der Waals surface area contributed by atoms with Gasteiger partial charge in [0, 0.05) is 37.8 Å². The van der Waals surface area contributed by atoms with Gasteiger partial charge in [0.25, 0.3) is 0 Å². The van der Waals surface area contributed by atoms with Gasteiger partial charge < -0.3 is 19.5 Å². The van der Waals surface area contributed by atoms with E-state index >= 15 is 0 Å². The van der Waals surface area contributed by atoms with E-state index in [0.717, 1.165) is 0 Å². The number of alkyl halides is 3. The van der Waals surface area contributed by atoms with Crippen molar-refractivity contribution in [3.05, 3.63) is 59.6 Å². The van der Waals surface area contributed by atoms with Crippen molar-refractivity contribution in [3.8, 4) is 11.4 Å². The number of nitrogens with zero attached hydrogens (tertiary/aromatic N) is 4. The number of ether oxygens (including phenoxy) is 1. The number of hydrogen-bond donors (Lipinski definition) is 1. The number of carbonyl (C=O) groups is 2. The Kier molecular flexibility index (Phi) is 6.71. The first kappa shape index (κ1) is 22.7. The average Bonchev–Trinajstić information content (AvgIpc) is 3.24. The third kappa shape index (κ3) is 6.03. The molecule has 2 amide bonds. The van der Waals surface area contributed by atoms with E-state index < -0.39 is 18.2 Å². The van der Waals surface area contributed by atoms with Crippen molar-refractivity contribution in [2.45, 2.75) is 26.3 Å². The number of halogens is 3. The summed E-state index contributed by atoms with van der Waals surface area (Å²) in [5, 5.41) is 5.86. The number of rotatable bonds is 6. The van der Waals surface area contributed by atoms with Gasteiger partial charge in [-0.05, 0) is 11.6 Å². The minimum atomic E-state index is -4.71. The molecule has 0 aliphatic rings. The van der Waals surface area contributed by atoms with E-state index in [1.54, 1.807) is 31.3 Å². The molecular formula is C20H18F3N5O4. The molecule has 1 N–H and O–H groups in total.